The van der Waals surface area contributed by atoms with E-state index in [1.54, 1.807) is 0 Å². The molecule has 2 nitrogen and oxygen atoms in total. The Balaban J connectivity index is -0.00000264. The van der Waals surface area contributed by atoms with Gasteiger partial charge in [-0.25, -0.2) is 0 Å². The molecule has 0 aliphatic rings. The molecule has 0 aliphatic heterocycles. The summed E-state index contributed by atoms with van der Waals surface area (Å²) >= 11 is 0. The normalized spacial score (nSPS) is 11.3. The Kier molecular flexibility index (Phi) is 15.0. The van der Waals surface area contributed by atoms with E-state index < -0.39 is 0 Å². The molecule has 0 saturated heterocycles. The van der Waals surface area contributed by atoms with Gasteiger partial charge in [0.25, 0.3) is 0 Å². The van der Waals surface area contributed by atoms with Gasteiger partial charge in [-0.05, 0) is 50.3 Å². The first-order valence-corrected chi connectivity index (χ1v) is 8.69. The van der Waals surface area contributed by atoms with E-state index in [4.69, 9.17) is 0 Å². The minimum Gasteiger partial charge on any atom is -1.00 e. The van der Waals surface area contributed by atoms with Crippen LogP contribution in [0.5, 0.6) is 0 Å². The largest absolute Gasteiger partial charge is 1.00 e. The molecular formula is C22H38F2N2. The zero-order valence-corrected chi connectivity index (χ0v) is 16.8. The van der Waals surface area contributed by atoms with Crippen LogP contribution in [0.3, 0.4) is 0 Å². The molecule has 0 aromatic carbocycles. The van der Waals surface area contributed by atoms with Crippen LogP contribution < -0.4 is 9.41 Å². The highest BCUT2D eigenvalue weighted by Crippen LogP contribution is 2.29. The van der Waals surface area contributed by atoms with Crippen molar-refractivity contribution in [2.75, 3.05) is 45.8 Å². The molecule has 0 aliphatic carbocycles. The summed E-state index contributed by atoms with van der Waals surface area (Å²) in [4.78, 5) is 0. The second-order valence-electron chi connectivity index (χ2n) is 7.28. The topological polar surface area (TPSA) is 0 Å². The molecule has 0 N–H and O–H groups in total. The lowest BCUT2D eigenvalue weighted by atomic mass is 9.94. The summed E-state index contributed by atoms with van der Waals surface area (Å²) in [6.07, 6.45) is 12.1. The number of halogens is 2. The van der Waals surface area contributed by atoms with E-state index in [9.17, 15) is 0 Å². The number of hydrogen-bond acceptors (Lipinski definition) is 0. The lowest BCUT2D eigenvalue weighted by molar-refractivity contribution is -1.00. The van der Waals surface area contributed by atoms with E-state index in [-0.39, 0.29) is 14.9 Å². The standard InChI is InChI=1S/C22H38N2.2FH/c1-9-15-23(16-10-2,17-11-3)21-22(7,8)24(18-12-4,19-13-5)20-14-6;;/h9-14H,1-6,15-21H2,7-8H3;2*1H/q+2;;/p-2. The maximum absolute atomic E-state index is 3.99. The van der Waals surface area contributed by atoms with Gasteiger partial charge in [-0.1, -0.05) is 39.5 Å². The third kappa shape index (κ3) is 7.22. The molecule has 150 valence electrons. The minimum absolute atomic E-state index is 0. The van der Waals surface area contributed by atoms with Crippen LogP contribution in [-0.2, 0) is 0 Å². The molecule has 0 fully saturated rings. The highest BCUT2D eigenvalue weighted by Gasteiger charge is 2.47. The van der Waals surface area contributed by atoms with E-state index in [2.05, 4.69) is 53.3 Å². The maximum atomic E-state index is 3.99. The van der Waals surface area contributed by atoms with Gasteiger partial charge < -0.3 is 18.4 Å². The second kappa shape index (κ2) is 13.4. The van der Waals surface area contributed by atoms with Gasteiger partial charge in [0.15, 0.2) is 0 Å². The molecule has 0 aromatic rings. The third-order valence-electron chi connectivity index (χ3n) is 4.99. The Morgan fingerprint density at radius 2 is 0.846 bits per heavy atom. The zero-order chi connectivity index (χ0) is 18.7. The highest BCUT2D eigenvalue weighted by atomic mass is 19.0. The predicted octanol–water partition coefficient (Wildman–Crippen LogP) is -1.48. The minimum atomic E-state index is 0. The number of rotatable bonds is 15. The smallest absolute Gasteiger partial charge is 0.144 e. The van der Waals surface area contributed by atoms with Gasteiger partial charge >= 0.3 is 0 Å². The van der Waals surface area contributed by atoms with E-state index >= 15 is 0 Å². The summed E-state index contributed by atoms with van der Waals surface area (Å²) in [6.45, 7) is 34.9. The van der Waals surface area contributed by atoms with Crippen molar-refractivity contribution >= 4 is 0 Å². The third-order valence-corrected chi connectivity index (χ3v) is 4.99. The van der Waals surface area contributed by atoms with Crippen molar-refractivity contribution in [3.05, 3.63) is 75.9 Å². The van der Waals surface area contributed by atoms with Gasteiger partial charge in [-0.2, -0.15) is 0 Å². The van der Waals surface area contributed by atoms with Crippen molar-refractivity contribution in [1.29, 1.82) is 0 Å². The molecule has 26 heavy (non-hydrogen) atoms. The van der Waals surface area contributed by atoms with Crippen LogP contribution in [0.4, 0.5) is 0 Å². The molecule has 4 heteroatoms. The molecule has 0 aromatic heterocycles. The van der Waals surface area contributed by atoms with Crippen LogP contribution in [-0.4, -0.2) is 60.3 Å². The Morgan fingerprint density at radius 3 is 1.08 bits per heavy atom. The van der Waals surface area contributed by atoms with Crippen molar-refractivity contribution in [1.82, 2.24) is 0 Å². The lowest BCUT2D eigenvalue weighted by Gasteiger charge is -2.52. The zero-order valence-electron chi connectivity index (χ0n) is 16.8. The summed E-state index contributed by atoms with van der Waals surface area (Å²) in [5.74, 6) is 0. The molecule has 0 heterocycles. The van der Waals surface area contributed by atoms with Crippen LogP contribution >= 0.6 is 0 Å². The van der Waals surface area contributed by atoms with Gasteiger partial charge in [0.2, 0.25) is 0 Å². The van der Waals surface area contributed by atoms with Crippen LogP contribution in [0.25, 0.3) is 0 Å². The number of nitrogens with zero attached hydrogens (tertiary/aromatic N) is 2. The van der Waals surface area contributed by atoms with Gasteiger partial charge in [-0.15, -0.1) is 0 Å². The number of quaternary nitrogens is 2. The average Bonchev–Trinajstić information content (AvgIpc) is 2.48. The monoisotopic (exact) mass is 368 g/mol. The molecule has 0 saturated carbocycles. The van der Waals surface area contributed by atoms with Crippen LogP contribution in [0.1, 0.15) is 13.8 Å². The van der Waals surface area contributed by atoms with Crippen LogP contribution in [0.2, 0.25) is 0 Å². The van der Waals surface area contributed by atoms with E-state index in [0.717, 1.165) is 54.8 Å². The number of hydrogen-bond donors (Lipinski definition) is 0. The van der Waals surface area contributed by atoms with Crippen molar-refractivity contribution in [3.63, 3.8) is 0 Å². The van der Waals surface area contributed by atoms with Crippen molar-refractivity contribution in [2.45, 2.75) is 19.4 Å². The quantitative estimate of drug-likeness (QED) is 0.244. The lowest BCUT2D eigenvalue weighted by Crippen LogP contribution is -3.00. The molecule has 0 unspecified atom stereocenters. The first-order chi connectivity index (χ1) is 11.3. The van der Waals surface area contributed by atoms with Crippen molar-refractivity contribution in [2.24, 2.45) is 0 Å². The Morgan fingerprint density at radius 1 is 0.577 bits per heavy atom. The Bertz CT molecular complexity index is 414. The SMILES string of the molecule is C=CC[N+](CC=C)(CC=C)CC(C)(C)[N+](CC=C)(CC=C)CC=C.[F-].[F-]. The summed E-state index contributed by atoms with van der Waals surface area (Å²) in [5, 5.41) is 0. The molecule has 0 spiro atoms. The van der Waals surface area contributed by atoms with Crippen LogP contribution in [0.15, 0.2) is 75.9 Å². The second-order valence-corrected chi connectivity index (χ2v) is 7.28. The Labute approximate surface area is 160 Å². The first kappa shape index (κ1) is 29.0. The van der Waals surface area contributed by atoms with Gasteiger partial charge in [0.1, 0.15) is 12.1 Å². The van der Waals surface area contributed by atoms with Gasteiger partial charge in [0, 0.05) is 0 Å². The maximum Gasteiger partial charge on any atom is 0.144 e. The molecule has 0 bridgehead atoms. The fourth-order valence-electron chi connectivity index (χ4n) is 3.92. The fourth-order valence-corrected chi connectivity index (χ4v) is 3.92. The van der Waals surface area contributed by atoms with E-state index in [1.165, 1.54) is 0 Å². The Hall–Kier alpha value is -1.78. The van der Waals surface area contributed by atoms with E-state index in [1.807, 2.05) is 36.5 Å². The van der Waals surface area contributed by atoms with Crippen molar-refractivity contribution in [3.8, 4) is 0 Å². The average molecular weight is 369 g/mol. The van der Waals surface area contributed by atoms with E-state index in [0.29, 0.717) is 0 Å². The van der Waals surface area contributed by atoms with Gasteiger partial charge in [0.05, 0.1) is 39.3 Å². The summed E-state index contributed by atoms with van der Waals surface area (Å²) < 4.78 is 1.75. The molecule has 0 rings (SSSR count). The molecule has 0 amide bonds. The molecular weight excluding hydrogens is 330 g/mol. The molecule has 0 radical (unpaired) electrons. The summed E-state index contributed by atoms with van der Waals surface area (Å²) in [6, 6.07) is 0. The summed E-state index contributed by atoms with van der Waals surface area (Å²) in [5.41, 5.74) is 0.00556. The van der Waals surface area contributed by atoms with Gasteiger partial charge in [-0.3, -0.25) is 0 Å². The highest BCUT2D eigenvalue weighted by molar-refractivity contribution is 4.86. The summed E-state index contributed by atoms with van der Waals surface area (Å²) in [7, 11) is 0. The van der Waals surface area contributed by atoms with Crippen molar-refractivity contribution < 1.29 is 18.4 Å². The predicted molar refractivity (Wildman–Crippen MR) is 110 cm³/mol. The fraction of sp³-hybridized carbons (Fsp3) is 0.455. The molecule has 0 atom stereocenters. The first-order valence-electron chi connectivity index (χ1n) is 8.69. The van der Waals surface area contributed by atoms with Crippen LogP contribution in [0, 0.1) is 0 Å².